The third-order valence-corrected chi connectivity index (χ3v) is 7.79. The van der Waals surface area contributed by atoms with Gasteiger partial charge in [-0.2, -0.15) is 10.5 Å². The van der Waals surface area contributed by atoms with Crippen LogP contribution >= 0.6 is 11.3 Å². The first-order valence-electron chi connectivity index (χ1n) is 12.2. The van der Waals surface area contributed by atoms with Crippen LogP contribution in [0.2, 0.25) is 0 Å². The maximum Gasteiger partial charge on any atom is 0.266 e. The van der Waals surface area contributed by atoms with Crippen LogP contribution in [0.4, 0.5) is 5.00 Å². The molecule has 0 fully saturated rings. The molecule has 1 aromatic heterocycles. The Balaban J connectivity index is 1.53. The summed E-state index contributed by atoms with van der Waals surface area (Å²) < 4.78 is 11.6. The summed E-state index contributed by atoms with van der Waals surface area (Å²) >= 11 is 1.44. The number of aryl methyl sites for hydroxylation is 4. The summed E-state index contributed by atoms with van der Waals surface area (Å²) in [6, 6.07) is 13.8. The van der Waals surface area contributed by atoms with Crippen LogP contribution in [0.5, 0.6) is 11.5 Å². The average Bonchev–Trinajstić information content (AvgIpc) is 3.23. The van der Waals surface area contributed by atoms with Crippen LogP contribution in [-0.2, 0) is 24.2 Å². The fourth-order valence-corrected chi connectivity index (χ4v) is 5.97. The molecule has 2 aromatic carbocycles. The number of nitriles is 2. The number of rotatable bonds is 7. The Morgan fingerprint density at radius 1 is 1.08 bits per heavy atom. The first-order chi connectivity index (χ1) is 17.8. The van der Waals surface area contributed by atoms with Crippen molar-refractivity contribution in [3.63, 3.8) is 0 Å². The predicted molar refractivity (Wildman–Crippen MR) is 146 cm³/mol. The number of anilines is 1. The molecule has 7 heteroatoms. The summed E-state index contributed by atoms with van der Waals surface area (Å²) in [5, 5.41) is 22.7. The summed E-state index contributed by atoms with van der Waals surface area (Å²) in [6.45, 7) is 6.62. The molecule has 0 spiro atoms. The van der Waals surface area contributed by atoms with Crippen LogP contribution in [0.15, 0.2) is 35.9 Å². The van der Waals surface area contributed by atoms with E-state index < -0.39 is 5.91 Å². The number of carbonyl (C=O) groups is 1. The minimum absolute atomic E-state index is 0.0584. The van der Waals surface area contributed by atoms with Gasteiger partial charge in [0, 0.05) is 4.88 Å². The van der Waals surface area contributed by atoms with Crippen molar-refractivity contribution in [1.29, 1.82) is 10.5 Å². The van der Waals surface area contributed by atoms with E-state index in [1.165, 1.54) is 34.1 Å². The van der Waals surface area contributed by atoms with Crippen molar-refractivity contribution in [2.45, 2.75) is 53.1 Å². The van der Waals surface area contributed by atoms with Crippen molar-refractivity contribution >= 4 is 28.3 Å². The van der Waals surface area contributed by atoms with Gasteiger partial charge in [-0.1, -0.05) is 23.8 Å². The lowest BCUT2D eigenvalue weighted by Gasteiger charge is -2.15. The van der Waals surface area contributed by atoms with E-state index in [0.29, 0.717) is 34.2 Å². The fraction of sp³-hybridized carbons (Fsp3) is 0.300. The molecular weight excluding hydrogens is 482 g/mol. The predicted octanol–water partition coefficient (Wildman–Crippen LogP) is 6.56. The van der Waals surface area contributed by atoms with E-state index in [2.05, 4.69) is 44.3 Å². The molecule has 0 atom stereocenters. The molecular formula is C30H29N3O3S. The fourth-order valence-electron chi connectivity index (χ4n) is 4.74. The van der Waals surface area contributed by atoms with Gasteiger partial charge in [-0.3, -0.25) is 4.79 Å². The highest BCUT2D eigenvalue weighted by atomic mass is 32.1. The second-order valence-electron chi connectivity index (χ2n) is 9.23. The summed E-state index contributed by atoms with van der Waals surface area (Å²) in [7, 11) is 1.55. The van der Waals surface area contributed by atoms with E-state index >= 15 is 0 Å². The van der Waals surface area contributed by atoms with Gasteiger partial charge in [-0.15, -0.1) is 11.3 Å². The molecule has 0 aliphatic heterocycles. The molecule has 0 bridgehead atoms. The number of fused-ring (bicyclic) bond motifs is 1. The molecule has 37 heavy (non-hydrogen) atoms. The van der Waals surface area contributed by atoms with E-state index in [1.807, 2.05) is 6.07 Å². The number of amides is 1. The molecule has 0 saturated carbocycles. The van der Waals surface area contributed by atoms with Gasteiger partial charge in [-0.25, -0.2) is 0 Å². The lowest BCUT2D eigenvalue weighted by atomic mass is 9.96. The van der Waals surface area contributed by atoms with Crippen LogP contribution in [-0.4, -0.2) is 13.0 Å². The number of methoxy groups -OCH3 is 1. The van der Waals surface area contributed by atoms with Gasteiger partial charge in [0.1, 0.15) is 29.3 Å². The molecule has 1 heterocycles. The maximum atomic E-state index is 12.9. The van der Waals surface area contributed by atoms with E-state index in [9.17, 15) is 15.3 Å². The second-order valence-corrected chi connectivity index (χ2v) is 10.3. The van der Waals surface area contributed by atoms with Gasteiger partial charge < -0.3 is 14.8 Å². The van der Waals surface area contributed by atoms with Crippen molar-refractivity contribution < 1.29 is 14.3 Å². The molecule has 0 radical (unpaired) electrons. The lowest BCUT2D eigenvalue weighted by molar-refractivity contribution is -0.112. The van der Waals surface area contributed by atoms with Crippen molar-refractivity contribution in [3.8, 4) is 23.6 Å². The normalized spacial score (nSPS) is 12.8. The highest BCUT2D eigenvalue weighted by molar-refractivity contribution is 7.16. The van der Waals surface area contributed by atoms with Gasteiger partial charge in [0.2, 0.25) is 0 Å². The minimum Gasteiger partial charge on any atom is -0.493 e. The van der Waals surface area contributed by atoms with Crippen LogP contribution in [0.1, 0.15) is 56.7 Å². The highest BCUT2D eigenvalue weighted by Gasteiger charge is 2.23. The lowest BCUT2D eigenvalue weighted by Crippen LogP contribution is -2.13. The van der Waals surface area contributed by atoms with Crippen LogP contribution in [0.3, 0.4) is 0 Å². The number of nitrogens with zero attached hydrogens (tertiary/aromatic N) is 2. The van der Waals surface area contributed by atoms with Crippen LogP contribution in [0, 0.1) is 43.4 Å². The zero-order valence-corrected chi connectivity index (χ0v) is 22.3. The Labute approximate surface area is 221 Å². The summed E-state index contributed by atoms with van der Waals surface area (Å²) in [5.74, 6) is 0.540. The highest BCUT2D eigenvalue weighted by Crippen LogP contribution is 2.38. The van der Waals surface area contributed by atoms with Gasteiger partial charge in [0.15, 0.2) is 11.5 Å². The van der Waals surface area contributed by atoms with Gasteiger partial charge in [0.05, 0.1) is 12.7 Å². The smallest absolute Gasteiger partial charge is 0.266 e. The maximum absolute atomic E-state index is 12.9. The molecule has 0 saturated heterocycles. The summed E-state index contributed by atoms with van der Waals surface area (Å²) in [6.07, 6.45) is 5.41. The average molecular weight is 512 g/mol. The van der Waals surface area contributed by atoms with Gasteiger partial charge in [0.25, 0.3) is 5.91 Å². The summed E-state index contributed by atoms with van der Waals surface area (Å²) in [4.78, 5) is 14.1. The molecule has 1 aliphatic rings. The summed E-state index contributed by atoms with van der Waals surface area (Å²) in [5.41, 5.74) is 6.82. The SMILES string of the molecule is COc1cc(/C=C(\C#N)C(=O)Nc2sc3c(c2C#N)CCCC3)ccc1OCc1c(C)cc(C)cc1C. The topological polar surface area (TPSA) is 95.1 Å². The number of thiophene rings is 1. The minimum atomic E-state index is -0.540. The molecule has 1 amide bonds. The first-order valence-corrected chi connectivity index (χ1v) is 13.0. The Bertz CT molecular complexity index is 1450. The Morgan fingerprint density at radius 2 is 1.81 bits per heavy atom. The molecule has 3 aromatic rings. The molecule has 6 nitrogen and oxygen atoms in total. The van der Waals surface area contributed by atoms with Crippen LogP contribution < -0.4 is 14.8 Å². The Kier molecular flexibility index (Phi) is 7.96. The van der Waals surface area contributed by atoms with E-state index in [4.69, 9.17) is 9.47 Å². The third-order valence-electron chi connectivity index (χ3n) is 6.59. The second kappa shape index (κ2) is 11.3. The van der Waals surface area contributed by atoms with Crippen LogP contribution in [0.25, 0.3) is 6.08 Å². The molecule has 188 valence electrons. The van der Waals surface area contributed by atoms with E-state index in [1.54, 1.807) is 25.3 Å². The zero-order chi connectivity index (χ0) is 26.5. The standard InChI is InChI=1S/C30H29N3O3S/c1-18-11-19(2)25(20(3)12-18)17-36-26-10-9-21(14-27(26)35-4)13-22(15-31)29(34)33-30-24(16-32)23-7-5-6-8-28(23)37-30/h9-14H,5-8,17H2,1-4H3,(H,33,34)/b22-13+. The van der Waals surface area contributed by atoms with E-state index in [-0.39, 0.29) is 5.57 Å². The van der Waals surface area contributed by atoms with Crippen molar-refractivity contribution in [2.24, 2.45) is 0 Å². The Morgan fingerprint density at radius 3 is 2.49 bits per heavy atom. The van der Waals surface area contributed by atoms with Crippen molar-refractivity contribution in [2.75, 3.05) is 12.4 Å². The van der Waals surface area contributed by atoms with Crippen molar-refractivity contribution in [3.05, 3.63) is 79.7 Å². The number of carbonyl (C=O) groups excluding carboxylic acids is 1. The zero-order valence-electron chi connectivity index (χ0n) is 21.5. The molecule has 1 aliphatic carbocycles. The number of benzene rings is 2. The van der Waals surface area contributed by atoms with Crippen molar-refractivity contribution in [1.82, 2.24) is 0 Å². The first kappa shape index (κ1) is 26.0. The Hall–Kier alpha value is -4.07. The third kappa shape index (κ3) is 5.69. The van der Waals surface area contributed by atoms with Gasteiger partial charge in [-0.05, 0) is 92.5 Å². The quantitative estimate of drug-likeness (QED) is 0.286. The molecule has 4 rings (SSSR count). The monoisotopic (exact) mass is 511 g/mol. The number of nitrogens with one attached hydrogen (secondary N) is 1. The molecule has 1 N–H and O–H groups in total. The number of hydrogen-bond acceptors (Lipinski definition) is 6. The van der Waals surface area contributed by atoms with Gasteiger partial charge >= 0.3 is 0 Å². The number of hydrogen-bond donors (Lipinski definition) is 1. The molecule has 0 unspecified atom stereocenters. The van der Waals surface area contributed by atoms with E-state index in [0.717, 1.165) is 41.7 Å². The largest absolute Gasteiger partial charge is 0.493 e. The number of ether oxygens (including phenoxy) is 2.